The van der Waals surface area contributed by atoms with E-state index in [4.69, 9.17) is 74.5 Å². The molecule has 0 atom stereocenters. The molecule has 26 nitrogen and oxygen atoms in total. The molecule has 376 valence electrons. The van der Waals surface area contributed by atoms with Crippen molar-refractivity contribution in [2.75, 3.05) is 0 Å². The predicted molar refractivity (Wildman–Crippen MR) is 175 cm³/mol. The molecular weight excluding hydrogens is 1090 g/mol. The van der Waals surface area contributed by atoms with Crippen molar-refractivity contribution in [3.8, 4) is 0 Å². The normalized spacial score (nSPS) is 10.5. The van der Waals surface area contributed by atoms with E-state index < -0.39 is 41.0 Å². The molecule has 0 amide bonds. The first-order valence-corrected chi connectivity index (χ1v) is 22.0. The molecule has 0 unspecified atom stereocenters. The van der Waals surface area contributed by atoms with Gasteiger partial charge in [-0.3, -0.25) is 39.7 Å². The van der Waals surface area contributed by atoms with Gasteiger partial charge in [-0.05, 0) is 72.8 Å². The third kappa shape index (κ3) is 50.2. The van der Waals surface area contributed by atoms with Crippen LogP contribution in [0.15, 0.2) is 146 Å². The maximum absolute atomic E-state index is 8.49. The van der Waals surface area contributed by atoms with E-state index in [-0.39, 0.29) is 44.5 Å². The molecule has 6 rings (SSSR count). The molecule has 0 aliphatic carbocycles. The zero-order valence-corrected chi connectivity index (χ0v) is 39.4. The topological polar surface area (TPSA) is 513 Å². The molecule has 32 heteroatoms. The van der Waals surface area contributed by atoms with Gasteiger partial charge in [-0.15, -0.1) is 41.0 Å². The van der Waals surface area contributed by atoms with E-state index in [2.05, 4.69) is 39.7 Å². The molecule has 0 radical (unpaired) electrons. The van der Waals surface area contributed by atoms with Crippen molar-refractivity contribution in [3.63, 3.8) is 0 Å². The Balaban J connectivity index is -0.000000415. The maximum Gasteiger partial charge on any atom is 3.00 e. The molecule has 0 spiro atoms. The zero-order chi connectivity index (χ0) is 48.1. The van der Waals surface area contributed by atoms with Gasteiger partial charge in [0.2, 0.25) is 0 Å². The van der Waals surface area contributed by atoms with Crippen LogP contribution in [-0.2, 0) is 72.8 Å². The average Bonchev–Trinajstić information content (AvgIpc) is 3.18. The molecule has 0 saturated carbocycles. The monoisotopic (exact) mass is 1130 g/mol. The Morgan fingerprint density at radius 1 is 0.265 bits per heavy atom. The van der Waals surface area contributed by atoms with Crippen molar-refractivity contribution in [2.45, 2.75) is 39.3 Å². The molecule has 0 saturated heterocycles. The van der Waals surface area contributed by atoms with Crippen molar-refractivity contribution >= 4 is 0 Å². The summed E-state index contributed by atoms with van der Waals surface area (Å²) in [6.45, 7) is 4.63. The van der Waals surface area contributed by atoms with Gasteiger partial charge in [0, 0.05) is 76.4 Å². The first-order chi connectivity index (χ1) is 29.8. The minimum Gasteiger partial charge on any atom is -0.870 e. The molecule has 68 heavy (non-hydrogen) atoms. The van der Waals surface area contributed by atoms with E-state index >= 15 is 0 Å². The Morgan fingerprint density at radius 3 is 0.471 bits per heavy atom. The van der Waals surface area contributed by atoms with E-state index in [1.807, 2.05) is 146 Å². The Kier molecular flexibility index (Phi) is 39.7. The molecule has 2 N–H and O–H groups in total. The first-order valence-electron chi connectivity index (χ1n) is 17.1. The van der Waals surface area contributed by atoms with Crippen LogP contribution in [0.25, 0.3) is 0 Å². The number of halogens is 4. The summed E-state index contributed by atoms with van der Waals surface area (Å²) in [4.78, 5) is 31.1. The largest absolute Gasteiger partial charge is 3.00 e. The maximum atomic E-state index is 8.49. The van der Waals surface area contributed by atoms with E-state index in [9.17, 15) is 0 Å². The first kappa shape index (κ1) is 70.8. The quantitative estimate of drug-likeness (QED) is 0.110. The van der Waals surface area contributed by atoms with Crippen molar-refractivity contribution in [2.24, 2.45) is 0 Å². The Labute approximate surface area is 417 Å². The van der Waals surface area contributed by atoms with Gasteiger partial charge in [-0.1, -0.05) is 36.4 Å². The molecule has 6 aromatic heterocycles. The molecule has 6 aromatic rings. The number of hydrogen-bond acceptors (Lipinski definition) is 26. The van der Waals surface area contributed by atoms with Crippen LogP contribution in [0.1, 0.15) is 34.2 Å². The SMILES string of the molecule is [Co+3].[Co+3].[O-][Cl+3]([O-])([O-])[O-].[O-][Cl+3]([O-])([O-])[O-].[O-][Cl+3]([O-])([O-])[O-].[O-][Cl+3]([O-])([O-])[O-].[OH-].[OH-].c1ccc(CN(Cc2ccccn2)Cc2ccccn2)nc1.c1ccc(CN(Cc2ccccn2)Cc2ccccn2)nc1. The van der Waals surface area contributed by atoms with E-state index in [1.165, 1.54) is 0 Å². The van der Waals surface area contributed by atoms with E-state index in [0.29, 0.717) is 0 Å². The van der Waals surface area contributed by atoms with Gasteiger partial charge in [0.15, 0.2) is 0 Å². The fourth-order valence-electron chi connectivity index (χ4n) is 4.66. The van der Waals surface area contributed by atoms with Crippen LogP contribution < -0.4 is 74.5 Å². The van der Waals surface area contributed by atoms with Crippen molar-refractivity contribution in [1.82, 2.24) is 39.7 Å². The second kappa shape index (κ2) is 38.1. The Morgan fingerprint density at radius 2 is 0.382 bits per heavy atom. The number of aromatic nitrogens is 6. The predicted octanol–water partition coefficient (Wildman–Crippen LogP) is -13.2. The molecule has 0 aliphatic heterocycles. The van der Waals surface area contributed by atoms with Gasteiger partial charge < -0.3 is 11.0 Å². The number of rotatable bonds is 12. The van der Waals surface area contributed by atoms with Gasteiger partial charge in [-0.2, -0.15) is 0 Å². The van der Waals surface area contributed by atoms with Crippen LogP contribution in [0.5, 0.6) is 0 Å². The van der Waals surface area contributed by atoms with Crippen LogP contribution in [-0.4, -0.2) is 50.7 Å². The number of pyridine rings is 6. The van der Waals surface area contributed by atoms with Gasteiger partial charge in [0.25, 0.3) is 0 Å². The van der Waals surface area contributed by atoms with E-state index in [1.54, 1.807) is 0 Å². The molecular formula is C36H38Cl4Co2N8O18. The fraction of sp³-hybridized carbons (Fsp3) is 0.167. The number of hydrogen-bond donors (Lipinski definition) is 0. The summed E-state index contributed by atoms with van der Waals surface area (Å²) in [5.74, 6) is 0. The van der Waals surface area contributed by atoms with Crippen LogP contribution in [0.3, 0.4) is 0 Å². The summed E-state index contributed by atoms with van der Waals surface area (Å²) in [5.41, 5.74) is 6.30. The van der Waals surface area contributed by atoms with Crippen LogP contribution in [0.2, 0.25) is 0 Å². The third-order valence-electron chi connectivity index (χ3n) is 6.67. The van der Waals surface area contributed by atoms with Crippen LogP contribution >= 0.6 is 0 Å². The summed E-state index contributed by atoms with van der Waals surface area (Å²) in [6, 6.07) is 36.0. The summed E-state index contributed by atoms with van der Waals surface area (Å²) in [7, 11) is -19.8. The third-order valence-corrected chi connectivity index (χ3v) is 6.67. The zero-order valence-electron chi connectivity index (χ0n) is 34.3. The minimum absolute atomic E-state index is 0. The summed E-state index contributed by atoms with van der Waals surface area (Å²) in [5, 5.41) is 0. The average molecular weight is 1130 g/mol. The smallest absolute Gasteiger partial charge is 0.870 e. The van der Waals surface area contributed by atoms with Gasteiger partial charge in [0.1, 0.15) is 0 Å². The van der Waals surface area contributed by atoms with Crippen LogP contribution in [0, 0.1) is 41.0 Å². The van der Waals surface area contributed by atoms with Crippen molar-refractivity contribution in [1.29, 1.82) is 0 Å². The molecule has 6 heterocycles. The Hall–Kier alpha value is -3.73. The molecule has 0 bridgehead atoms. The van der Waals surface area contributed by atoms with E-state index in [0.717, 1.165) is 73.4 Å². The van der Waals surface area contributed by atoms with Gasteiger partial charge in [0.05, 0.1) is 34.2 Å². The van der Waals surface area contributed by atoms with Gasteiger partial charge >= 0.3 is 33.6 Å². The van der Waals surface area contributed by atoms with Crippen molar-refractivity contribution < 1.29 is 160 Å². The molecule has 0 aromatic carbocycles. The van der Waals surface area contributed by atoms with Crippen molar-refractivity contribution in [3.05, 3.63) is 181 Å². The second-order valence-electron chi connectivity index (χ2n) is 11.7. The fourth-order valence-corrected chi connectivity index (χ4v) is 4.66. The summed E-state index contributed by atoms with van der Waals surface area (Å²) >= 11 is 0. The van der Waals surface area contributed by atoms with Crippen LogP contribution in [0.4, 0.5) is 0 Å². The summed E-state index contributed by atoms with van der Waals surface area (Å²) < 4.78 is 136. The standard InChI is InChI=1S/2C18H18N4.4ClHO4.2Co.2H2O/c2*1-4-10-19-16(7-1)13-22(14-17-8-2-5-11-20-17)15-18-9-3-6-12-21-18;4*2-1(3,4)5;;;;/h2*1-12H,13-15H2;4*(H,2,3,4,5);;;2*1H2/q;;;;;;2*+3;;/p-6. The molecule has 0 aliphatic rings. The second-order valence-corrected chi connectivity index (χ2v) is 14.8. The van der Waals surface area contributed by atoms with Gasteiger partial charge in [-0.25, -0.2) is 74.5 Å². The molecule has 0 fully saturated rings. The summed E-state index contributed by atoms with van der Waals surface area (Å²) in [6.07, 6.45) is 11.0. The number of nitrogens with zero attached hydrogens (tertiary/aromatic N) is 8. The minimum atomic E-state index is -4.94. The Bertz CT molecular complexity index is 1660.